The SMILES string of the molecule is CC(C)(CCC(=O)O)NS(=O)(=O)c1cc(Br)c(C#N)cc1F. The standard InChI is InChI=1S/C13H14BrFN2O4S/c1-13(2,4-3-12(18)19)17-22(20,21)11-6-9(14)8(7-16)5-10(11)15/h5-6,17H,3-4H2,1-2H3,(H,18,19). The second-order valence-electron chi connectivity index (χ2n) is 5.26. The van der Waals surface area contributed by atoms with Crippen LogP contribution in [0.5, 0.6) is 0 Å². The van der Waals surface area contributed by atoms with Crippen LogP contribution in [0.2, 0.25) is 0 Å². The third kappa shape index (κ3) is 4.76. The zero-order chi connectivity index (χ0) is 17.1. The molecule has 0 radical (unpaired) electrons. The van der Waals surface area contributed by atoms with Crippen molar-refractivity contribution in [3.05, 3.63) is 28.0 Å². The van der Waals surface area contributed by atoms with Gasteiger partial charge in [-0.1, -0.05) is 0 Å². The molecule has 0 unspecified atom stereocenters. The number of hydrogen-bond donors (Lipinski definition) is 2. The van der Waals surface area contributed by atoms with Gasteiger partial charge in [-0.2, -0.15) is 5.26 Å². The zero-order valence-corrected chi connectivity index (χ0v) is 14.3. The average Bonchev–Trinajstić information content (AvgIpc) is 2.37. The molecule has 9 heteroatoms. The predicted molar refractivity (Wildman–Crippen MR) is 80.1 cm³/mol. The number of rotatable bonds is 6. The van der Waals surface area contributed by atoms with Crippen molar-refractivity contribution in [2.45, 2.75) is 37.1 Å². The first kappa shape index (κ1) is 18.5. The van der Waals surface area contributed by atoms with Gasteiger partial charge in [0.15, 0.2) is 0 Å². The van der Waals surface area contributed by atoms with Crippen LogP contribution in [0.4, 0.5) is 4.39 Å². The van der Waals surface area contributed by atoms with E-state index in [-0.39, 0.29) is 22.9 Å². The topological polar surface area (TPSA) is 107 Å². The van der Waals surface area contributed by atoms with E-state index >= 15 is 0 Å². The summed E-state index contributed by atoms with van der Waals surface area (Å²) in [5, 5.41) is 17.4. The Morgan fingerprint density at radius 3 is 2.59 bits per heavy atom. The molecule has 120 valence electrons. The van der Waals surface area contributed by atoms with E-state index in [1.54, 1.807) is 6.07 Å². The van der Waals surface area contributed by atoms with Gasteiger partial charge in [0.1, 0.15) is 16.8 Å². The number of halogens is 2. The fourth-order valence-electron chi connectivity index (χ4n) is 1.71. The minimum atomic E-state index is -4.20. The molecule has 0 saturated carbocycles. The summed E-state index contributed by atoms with van der Waals surface area (Å²) in [6, 6.07) is 3.55. The van der Waals surface area contributed by atoms with E-state index in [0.29, 0.717) is 0 Å². The number of carbonyl (C=O) groups is 1. The number of carboxylic acid groups (broad SMARTS) is 1. The highest BCUT2D eigenvalue weighted by atomic mass is 79.9. The van der Waals surface area contributed by atoms with Gasteiger partial charge < -0.3 is 5.11 Å². The Balaban J connectivity index is 3.13. The third-order valence-electron chi connectivity index (χ3n) is 2.81. The smallest absolute Gasteiger partial charge is 0.303 e. The molecule has 0 spiro atoms. The lowest BCUT2D eigenvalue weighted by molar-refractivity contribution is -0.137. The van der Waals surface area contributed by atoms with Crippen LogP contribution in [0, 0.1) is 17.1 Å². The highest BCUT2D eigenvalue weighted by molar-refractivity contribution is 9.10. The lowest BCUT2D eigenvalue weighted by atomic mass is 10.0. The molecule has 22 heavy (non-hydrogen) atoms. The van der Waals surface area contributed by atoms with Crippen LogP contribution in [-0.2, 0) is 14.8 Å². The molecule has 0 bridgehead atoms. The van der Waals surface area contributed by atoms with Crippen molar-refractivity contribution >= 4 is 31.9 Å². The number of benzene rings is 1. The Bertz CT molecular complexity index is 741. The van der Waals surface area contributed by atoms with Gasteiger partial charge in [0.2, 0.25) is 10.0 Å². The maximum Gasteiger partial charge on any atom is 0.303 e. The summed E-state index contributed by atoms with van der Waals surface area (Å²) < 4.78 is 40.9. The van der Waals surface area contributed by atoms with E-state index in [1.165, 1.54) is 13.8 Å². The molecule has 0 fully saturated rings. The van der Waals surface area contributed by atoms with Crippen LogP contribution in [0.15, 0.2) is 21.5 Å². The maximum atomic E-state index is 13.9. The Morgan fingerprint density at radius 2 is 2.09 bits per heavy atom. The maximum absolute atomic E-state index is 13.9. The van der Waals surface area contributed by atoms with Crippen molar-refractivity contribution in [2.24, 2.45) is 0 Å². The average molecular weight is 393 g/mol. The second kappa shape index (κ2) is 6.73. The summed E-state index contributed by atoms with van der Waals surface area (Å²) in [5.41, 5.74) is -1.09. The van der Waals surface area contributed by atoms with E-state index in [4.69, 9.17) is 10.4 Å². The lowest BCUT2D eigenvalue weighted by Crippen LogP contribution is -2.43. The summed E-state index contributed by atoms with van der Waals surface area (Å²) in [5.74, 6) is -2.11. The highest BCUT2D eigenvalue weighted by Gasteiger charge is 2.29. The minimum absolute atomic E-state index is 0.0263. The lowest BCUT2D eigenvalue weighted by Gasteiger charge is -2.25. The quantitative estimate of drug-likeness (QED) is 0.772. The first-order valence-electron chi connectivity index (χ1n) is 6.13. The number of hydrogen-bond acceptors (Lipinski definition) is 4. The Labute approximate surface area is 136 Å². The van der Waals surface area contributed by atoms with Gasteiger partial charge in [0, 0.05) is 16.4 Å². The first-order valence-corrected chi connectivity index (χ1v) is 8.41. The summed E-state index contributed by atoms with van der Waals surface area (Å²) in [4.78, 5) is 9.97. The van der Waals surface area contributed by atoms with Crippen LogP contribution >= 0.6 is 15.9 Å². The summed E-state index contributed by atoms with van der Waals surface area (Å²) in [6.45, 7) is 3.01. The fourth-order valence-corrected chi connectivity index (χ4v) is 3.82. The fraction of sp³-hybridized carbons (Fsp3) is 0.385. The van der Waals surface area contributed by atoms with E-state index in [1.807, 2.05) is 0 Å². The molecule has 0 atom stereocenters. The molecule has 0 amide bonds. The summed E-state index contributed by atoms with van der Waals surface area (Å²) >= 11 is 3.00. The Morgan fingerprint density at radius 1 is 1.50 bits per heavy atom. The molecule has 0 aliphatic heterocycles. The number of nitrogens with zero attached hydrogens (tertiary/aromatic N) is 1. The number of aliphatic carboxylic acids is 1. The largest absolute Gasteiger partial charge is 0.481 e. The van der Waals surface area contributed by atoms with Gasteiger partial charge in [-0.05, 0) is 48.3 Å². The van der Waals surface area contributed by atoms with Crippen molar-refractivity contribution in [1.82, 2.24) is 4.72 Å². The molecule has 0 aromatic heterocycles. The molecule has 0 aliphatic rings. The van der Waals surface area contributed by atoms with E-state index in [0.717, 1.165) is 12.1 Å². The van der Waals surface area contributed by atoms with Gasteiger partial charge in [0.25, 0.3) is 0 Å². The predicted octanol–water partition coefficient (Wildman–Crippen LogP) is 2.38. The number of nitriles is 1. The molecular weight excluding hydrogens is 379 g/mol. The van der Waals surface area contributed by atoms with Gasteiger partial charge in [-0.3, -0.25) is 4.79 Å². The van der Waals surface area contributed by atoms with E-state index < -0.39 is 32.2 Å². The molecule has 0 aliphatic carbocycles. The molecule has 2 N–H and O–H groups in total. The van der Waals surface area contributed by atoms with E-state index in [2.05, 4.69) is 20.7 Å². The van der Waals surface area contributed by atoms with Crippen molar-refractivity contribution in [3.8, 4) is 6.07 Å². The van der Waals surface area contributed by atoms with Crippen LogP contribution in [0.1, 0.15) is 32.3 Å². The number of carboxylic acids is 1. The van der Waals surface area contributed by atoms with Gasteiger partial charge >= 0.3 is 5.97 Å². The molecule has 6 nitrogen and oxygen atoms in total. The molecule has 0 heterocycles. The minimum Gasteiger partial charge on any atom is -0.481 e. The van der Waals surface area contributed by atoms with Crippen LogP contribution < -0.4 is 4.72 Å². The number of nitrogens with one attached hydrogen (secondary N) is 1. The zero-order valence-electron chi connectivity index (χ0n) is 11.9. The monoisotopic (exact) mass is 392 g/mol. The molecule has 1 aromatic carbocycles. The van der Waals surface area contributed by atoms with Crippen molar-refractivity contribution in [1.29, 1.82) is 5.26 Å². The summed E-state index contributed by atoms with van der Waals surface area (Å²) in [6.07, 6.45) is -0.185. The normalized spacial score (nSPS) is 12.0. The summed E-state index contributed by atoms with van der Waals surface area (Å²) in [7, 11) is -4.20. The van der Waals surface area contributed by atoms with Crippen LogP contribution in [0.3, 0.4) is 0 Å². The molecular formula is C13H14BrFN2O4S. The van der Waals surface area contributed by atoms with Crippen LogP contribution in [-0.4, -0.2) is 25.0 Å². The third-order valence-corrected chi connectivity index (χ3v) is 5.18. The Hall–Kier alpha value is -1.50. The second-order valence-corrected chi connectivity index (χ2v) is 7.76. The van der Waals surface area contributed by atoms with Crippen molar-refractivity contribution in [2.75, 3.05) is 0 Å². The molecule has 1 rings (SSSR count). The molecule has 1 aromatic rings. The van der Waals surface area contributed by atoms with E-state index in [9.17, 15) is 17.6 Å². The molecule has 0 saturated heterocycles. The highest BCUT2D eigenvalue weighted by Crippen LogP contribution is 2.25. The van der Waals surface area contributed by atoms with Crippen LogP contribution in [0.25, 0.3) is 0 Å². The van der Waals surface area contributed by atoms with Crippen molar-refractivity contribution in [3.63, 3.8) is 0 Å². The Kier molecular flexibility index (Phi) is 5.67. The first-order chi connectivity index (χ1) is 9.98. The number of sulfonamides is 1. The van der Waals surface area contributed by atoms with Crippen molar-refractivity contribution < 1.29 is 22.7 Å². The van der Waals surface area contributed by atoms with Gasteiger partial charge in [0.05, 0.1) is 5.56 Å². The van der Waals surface area contributed by atoms with Gasteiger partial charge in [-0.15, -0.1) is 0 Å². The van der Waals surface area contributed by atoms with Gasteiger partial charge in [-0.25, -0.2) is 17.5 Å².